The Morgan fingerprint density at radius 3 is 2.52 bits per heavy atom. The van der Waals surface area contributed by atoms with Crippen LogP contribution in [0.3, 0.4) is 0 Å². The molecule has 0 aromatic rings. The molecule has 1 aliphatic carbocycles. The first-order chi connectivity index (χ1) is 9.85. The summed E-state index contributed by atoms with van der Waals surface area (Å²) in [5.41, 5.74) is -0.443. The Bertz CT molecular complexity index is 344. The van der Waals surface area contributed by atoms with Crippen LogP contribution in [-0.2, 0) is 9.47 Å². The quantitative estimate of drug-likeness (QED) is 0.790. The third kappa shape index (κ3) is 5.83. The highest BCUT2D eigenvalue weighted by molar-refractivity contribution is 5.67. The Morgan fingerprint density at radius 1 is 1.29 bits per heavy atom. The topological polar surface area (TPSA) is 59.6 Å². The van der Waals surface area contributed by atoms with Crippen LogP contribution in [0.15, 0.2) is 0 Å². The number of carbonyl (C=O) groups excluding carboxylic acids is 1. The van der Waals surface area contributed by atoms with Crippen molar-refractivity contribution in [2.45, 2.75) is 64.6 Å². The second kappa shape index (κ2) is 6.97. The highest BCUT2D eigenvalue weighted by atomic mass is 16.6. The van der Waals surface area contributed by atoms with Gasteiger partial charge in [-0.25, -0.2) is 4.79 Å². The summed E-state index contributed by atoms with van der Waals surface area (Å²) in [6.45, 7) is 10.2. The fourth-order valence-corrected chi connectivity index (χ4v) is 2.79. The van der Waals surface area contributed by atoms with Gasteiger partial charge in [0.1, 0.15) is 5.60 Å². The van der Waals surface area contributed by atoms with Crippen LogP contribution >= 0.6 is 0 Å². The lowest BCUT2D eigenvalue weighted by atomic mass is 9.99. The minimum atomic E-state index is -0.443. The van der Waals surface area contributed by atoms with E-state index in [4.69, 9.17) is 9.47 Å². The lowest BCUT2D eigenvalue weighted by molar-refractivity contribution is 0.0519. The summed E-state index contributed by atoms with van der Waals surface area (Å²) in [5.74, 6) is 1.28. The van der Waals surface area contributed by atoms with Crippen LogP contribution in [0.2, 0.25) is 0 Å². The highest BCUT2D eigenvalue weighted by Crippen LogP contribution is 2.33. The molecule has 1 saturated carbocycles. The molecule has 1 aliphatic heterocycles. The molecule has 0 bridgehead atoms. The molecule has 2 aliphatic rings. The Kier molecular flexibility index (Phi) is 5.49. The monoisotopic (exact) mass is 298 g/mol. The van der Waals surface area contributed by atoms with Gasteiger partial charge in [0, 0.05) is 25.2 Å². The van der Waals surface area contributed by atoms with Gasteiger partial charge in [-0.05, 0) is 58.8 Å². The van der Waals surface area contributed by atoms with E-state index >= 15 is 0 Å². The van der Waals surface area contributed by atoms with Crippen LogP contribution in [0.4, 0.5) is 4.79 Å². The number of ether oxygens (including phenoxy) is 2. The summed E-state index contributed by atoms with van der Waals surface area (Å²) in [6, 6.07) is 0.770. The summed E-state index contributed by atoms with van der Waals surface area (Å²) in [5, 5.41) is 6.59. The van der Waals surface area contributed by atoms with Crippen LogP contribution in [0.1, 0.15) is 47.0 Å². The number of carbonyl (C=O) groups is 1. The molecule has 122 valence electrons. The molecule has 2 fully saturated rings. The maximum atomic E-state index is 11.8. The van der Waals surface area contributed by atoms with E-state index in [2.05, 4.69) is 17.6 Å². The van der Waals surface area contributed by atoms with Crippen LogP contribution in [-0.4, -0.2) is 43.5 Å². The first-order valence-electron chi connectivity index (χ1n) is 8.16. The van der Waals surface area contributed by atoms with Crippen molar-refractivity contribution in [3.63, 3.8) is 0 Å². The van der Waals surface area contributed by atoms with E-state index < -0.39 is 5.60 Å². The fraction of sp³-hybridized carbons (Fsp3) is 0.938. The molecule has 2 N–H and O–H groups in total. The summed E-state index contributed by atoms with van der Waals surface area (Å²) < 4.78 is 10.8. The lowest BCUT2D eigenvalue weighted by Crippen LogP contribution is -2.49. The van der Waals surface area contributed by atoms with Gasteiger partial charge in [-0.3, -0.25) is 0 Å². The molecule has 3 unspecified atom stereocenters. The second-order valence-corrected chi connectivity index (χ2v) is 7.41. The smallest absolute Gasteiger partial charge is 0.407 e. The van der Waals surface area contributed by atoms with Crippen molar-refractivity contribution in [2.24, 2.45) is 11.8 Å². The number of amides is 1. The molecule has 21 heavy (non-hydrogen) atoms. The Hall–Kier alpha value is -0.810. The van der Waals surface area contributed by atoms with E-state index in [1.165, 1.54) is 12.8 Å². The normalized spacial score (nSPS) is 25.4. The Labute approximate surface area is 128 Å². The molecule has 0 spiro atoms. The first kappa shape index (κ1) is 16.6. The molecule has 0 aromatic heterocycles. The van der Waals surface area contributed by atoms with Crippen LogP contribution in [0, 0.1) is 11.8 Å². The number of hydrogen-bond donors (Lipinski definition) is 2. The minimum Gasteiger partial charge on any atom is -0.444 e. The molecule has 1 saturated heterocycles. The minimum absolute atomic E-state index is 0.327. The maximum Gasteiger partial charge on any atom is 0.407 e. The van der Waals surface area contributed by atoms with Crippen molar-refractivity contribution in [1.82, 2.24) is 10.6 Å². The Balaban J connectivity index is 1.75. The zero-order valence-electron chi connectivity index (χ0n) is 13.8. The van der Waals surface area contributed by atoms with E-state index in [0.29, 0.717) is 30.5 Å². The Morgan fingerprint density at radius 2 is 2.00 bits per heavy atom. The fourth-order valence-electron chi connectivity index (χ4n) is 2.79. The number of rotatable bonds is 6. The molecule has 0 radical (unpaired) electrons. The molecular formula is C16H30N2O3. The van der Waals surface area contributed by atoms with Gasteiger partial charge < -0.3 is 20.1 Å². The van der Waals surface area contributed by atoms with Crippen molar-refractivity contribution < 1.29 is 14.3 Å². The zero-order valence-corrected chi connectivity index (χ0v) is 13.8. The first-order valence-corrected chi connectivity index (χ1v) is 8.16. The van der Waals surface area contributed by atoms with Gasteiger partial charge in [-0.1, -0.05) is 0 Å². The van der Waals surface area contributed by atoms with Crippen molar-refractivity contribution >= 4 is 6.09 Å². The largest absolute Gasteiger partial charge is 0.444 e. The summed E-state index contributed by atoms with van der Waals surface area (Å²) in [7, 11) is 0. The van der Waals surface area contributed by atoms with Crippen molar-refractivity contribution in [3.8, 4) is 0 Å². The predicted octanol–water partition coefficient (Wildman–Crippen LogP) is 2.30. The van der Waals surface area contributed by atoms with E-state index in [1.807, 2.05) is 20.8 Å². The van der Waals surface area contributed by atoms with Gasteiger partial charge in [0.15, 0.2) is 0 Å². The van der Waals surface area contributed by atoms with E-state index in [9.17, 15) is 4.79 Å². The summed E-state index contributed by atoms with van der Waals surface area (Å²) in [4.78, 5) is 11.8. The van der Waals surface area contributed by atoms with Gasteiger partial charge in [0.25, 0.3) is 0 Å². The molecule has 1 amide bonds. The lowest BCUT2D eigenvalue weighted by Gasteiger charge is -2.27. The molecule has 5 nitrogen and oxygen atoms in total. The molecule has 1 heterocycles. The van der Waals surface area contributed by atoms with Gasteiger partial charge in [0.2, 0.25) is 0 Å². The standard InChI is InChI=1S/C16H30N2O3/c1-11(13-7-8-20-10-13)18-14(12-5-6-12)9-17-15(19)21-16(2,3)4/h11-14,18H,5-10H2,1-4H3,(H,17,19). The predicted molar refractivity (Wildman–Crippen MR) is 82.3 cm³/mol. The van der Waals surface area contributed by atoms with Crippen molar-refractivity contribution in [1.29, 1.82) is 0 Å². The average molecular weight is 298 g/mol. The van der Waals surface area contributed by atoms with E-state index in [-0.39, 0.29) is 6.09 Å². The highest BCUT2D eigenvalue weighted by Gasteiger charge is 2.34. The second-order valence-electron chi connectivity index (χ2n) is 7.41. The molecule has 3 atom stereocenters. The third-order valence-corrected chi connectivity index (χ3v) is 4.21. The van der Waals surface area contributed by atoms with Gasteiger partial charge >= 0.3 is 6.09 Å². The molecule has 0 aromatic carbocycles. The maximum absolute atomic E-state index is 11.8. The number of nitrogens with one attached hydrogen (secondary N) is 2. The average Bonchev–Trinajstić information content (AvgIpc) is 3.06. The van der Waals surface area contributed by atoms with Crippen molar-refractivity contribution in [3.05, 3.63) is 0 Å². The number of alkyl carbamates (subject to hydrolysis) is 1. The number of hydrogen-bond acceptors (Lipinski definition) is 4. The SMILES string of the molecule is CC(NC(CNC(=O)OC(C)(C)C)C1CC1)C1CCOC1. The van der Waals surface area contributed by atoms with Crippen molar-refractivity contribution in [2.75, 3.05) is 19.8 Å². The van der Waals surface area contributed by atoms with Crippen LogP contribution in [0.5, 0.6) is 0 Å². The van der Waals surface area contributed by atoms with Gasteiger partial charge in [0.05, 0.1) is 6.61 Å². The molecular weight excluding hydrogens is 268 g/mol. The van der Waals surface area contributed by atoms with Crippen LogP contribution < -0.4 is 10.6 Å². The van der Waals surface area contributed by atoms with Crippen LogP contribution in [0.25, 0.3) is 0 Å². The summed E-state index contributed by atoms with van der Waals surface area (Å²) >= 11 is 0. The molecule has 5 heteroatoms. The van der Waals surface area contributed by atoms with Gasteiger partial charge in [-0.15, -0.1) is 0 Å². The van der Waals surface area contributed by atoms with E-state index in [1.54, 1.807) is 0 Å². The summed E-state index contributed by atoms with van der Waals surface area (Å²) in [6.07, 6.45) is 3.31. The zero-order chi connectivity index (χ0) is 15.5. The van der Waals surface area contributed by atoms with Gasteiger partial charge in [-0.2, -0.15) is 0 Å². The molecule has 2 rings (SSSR count). The van der Waals surface area contributed by atoms with E-state index in [0.717, 1.165) is 19.6 Å². The third-order valence-electron chi connectivity index (χ3n) is 4.21.